The van der Waals surface area contributed by atoms with Crippen LogP contribution in [0, 0.1) is 0 Å². The van der Waals surface area contributed by atoms with Crippen LogP contribution in [0.2, 0.25) is 0 Å². The fourth-order valence-electron chi connectivity index (χ4n) is 5.28. The van der Waals surface area contributed by atoms with Crippen LogP contribution in [0.15, 0.2) is 65.1 Å². The second-order valence-corrected chi connectivity index (χ2v) is 9.53. The smallest absolute Gasteiger partial charge is 0.313 e. The number of aromatic nitrogens is 2. The molecule has 2 saturated heterocycles. The third-order valence-corrected chi connectivity index (χ3v) is 7.19. The van der Waals surface area contributed by atoms with Gasteiger partial charge in [0.2, 0.25) is 11.8 Å². The first-order valence-electron chi connectivity index (χ1n) is 12.9. The van der Waals surface area contributed by atoms with Gasteiger partial charge in [-0.25, -0.2) is 0 Å². The zero-order chi connectivity index (χ0) is 24.9. The predicted octanol–water partition coefficient (Wildman–Crippen LogP) is 3.84. The summed E-state index contributed by atoms with van der Waals surface area (Å²) >= 11 is 0. The van der Waals surface area contributed by atoms with Crippen LogP contribution in [0.1, 0.15) is 73.5 Å². The van der Waals surface area contributed by atoms with Gasteiger partial charge in [-0.1, -0.05) is 74.0 Å². The van der Waals surface area contributed by atoms with Crippen molar-refractivity contribution >= 4 is 11.8 Å². The number of piperazine rings is 1. The molecule has 36 heavy (non-hydrogen) atoms. The maximum atomic E-state index is 13.3. The van der Waals surface area contributed by atoms with Gasteiger partial charge in [-0.3, -0.25) is 9.59 Å². The highest BCUT2D eigenvalue weighted by atomic mass is 16.4. The van der Waals surface area contributed by atoms with Crippen molar-refractivity contribution in [3.63, 3.8) is 0 Å². The number of hydrogen-bond acceptors (Lipinski definition) is 6. The molecule has 2 aliphatic heterocycles. The van der Waals surface area contributed by atoms with E-state index in [0.717, 1.165) is 37.8 Å². The number of carbonyl (C=O) groups excluding carboxylic acids is 2. The zero-order valence-electron chi connectivity index (χ0n) is 20.7. The minimum atomic E-state index is -0.615. The van der Waals surface area contributed by atoms with Gasteiger partial charge in [-0.2, -0.15) is 0 Å². The first-order valence-corrected chi connectivity index (χ1v) is 12.9. The summed E-state index contributed by atoms with van der Waals surface area (Å²) in [6.45, 7) is 4.46. The largest absolute Gasteiger partial charge is 0.421 e. The van der Waals surface area contributed by atoms with E-state index in [1.165, 1.54) is 5.56 Å². The van der Waals surface area contributed by atoms with E-state index in [9.17, 15) is 9.59 Å². The van der Waals surface area contributed by atoms with Gasteiger partial charge in [0.15, 0.2) is 0 Å². The normalized spacial score (nSPS) is 21.6. The number of nitrogens with one attached hydrogen (secondary N) is 1. The molecule has 1 unspecified atom stereocenters. The molecule has 1 N–H and O–H groups in total. The molecule has 0 radical (unpaired) electrons. The minimum absolute atomic E-state index is 0.109. The highest BCUT2D eigenvalue weighted by Gasteiger charge is 2.40. The number of benzene rings is 2. The summed E-state index contributed by atoms with van der Waals surface area (Å²) in [5, 5.41) is 12.4. The second kappa shape index (κ2) is 11.0. The highest BCUT2D eigenvalue weighted by molar-refractivity contribution is 6.35. The van der Waals surface area contributed by atoms with E-state index in [4.69, 9.17) is 4.42 Å². The molecule has 3 atom stereocenters. The molecule has 0 saturated carbocycles. The summed E-state index contributed by atoms with van der Waals surface area (Å²) in [4.78, 5) is 29.4. The summed E-state index contributed by atoms with van der Waals surface area (Å²) in [6, 6.07) is 19.3. The Kier molecular flexibility index (Phi) is 7.41. The minimum Gasteiger partial charge on any atom is -0.421 e. The monoisotopic (exact) mass is 487 g/mol. The van der Waals surface area contributed by atoms with E-state index in [1.807, 2.05) is 36.4 Å². The number of hydrogen-bond donors (Lipinski definition) is 1. The molecule has 8 heteroatoms. The lowest BCUT2D eigenvalue weighted by Gasteiger charge is -2.37. The third kappa shape index (κ3) is 4.91. The summed E-state index contributed by atoms with van der Waals surface area (Å²) in [5.74, 6) is 0.0736. The van der Waals surface area contributed by atoms with Crippen LogP contribution < -0.4 is 5.32 Å². The van der Waals surface area contributed by atoms with Crippen LogP contribution in [0.5, 0.6) is 0 Å². The van der Waals surface area contributed by atoms with Gasteiger partial charge < -0.3 is 19.5 Å². The van der Waals surface area contributed by atoms with Crippen LogP contribution in [-0.4, -0.2) is 58.0 Å². The van der Waals surface area contributed by atoms with Crippen LogP contribution in [0.3, 0.4) is 0 Å². The van der Waals surface area contributed by atoms with Gasteiger partial charge in [0.1, 0.15) is 6.04 Å². The molecule has 188 valence electrons. The Morgan fingerprint density at radius 2 is 1.75 bits per heavy atom. The zero-order valence-corrected chi connectivity index (χ0v) is 20.7. The Hall–Kier alpha value is -3.52. The van der Waals surface area contributed by atoms with Crippen molar-refractivity contribution in [2.75, 3.05) is 26.2 Å². The number of carbonyl (C=O) groups is 2. The topological polar surface area (TPSA) is 91.6 Å². The number of nitrogens with zero attached hydrogens (tertiary/aromatic N) is 4. The molecular weight excluding hydrogens is 454 g/mol. The van der Waals surface area contributed by atoms with Gasteiger partial charge in [0.25, 0.3) is 0 Å². The van der Waals surface area contributed by atoms with Crippen molar-refractivity contribution in [3.8, 4) is 0 Å². The predicted molar refractivity (Wildman–Crippen MR) is 135 cm³/mol. The van der Waals surface area contributed by atoms with Crippen LogP contribution in [0.25, 0.3) is 0 Å². The van der Waals surface area contributed by atoms with Crippen molar-refractivity contribution in [2.24, 2.45) is 0 Å². The van der Waals surface area contributed by atoms with E-state index >= 15 is 0 Å². The van der Waals surface area contributed by atoms with E-state index in [1.54, 1.807) is 9.80 Å². The van der Waals surface area contributed by atoms with Gasteiger partial charge in [0, 0.05) is 25.6 Å². The van der Waals surface area contributed by atoms with Gasteiger partial charge in [0.05, 0.1) is 6.04 Å². The third-order valence-electron chi connectivity index (χ3n) is 7.19. The second-order valence-electron chi connectivity index (χ2n) is 9.53. The van der Waals surface area contributed by atoms with Gasteiger partial charge >= 0.3 is 11.8 Å². The van der Waals surface area contributed by atoms with Gasteiger partial charge in [-0.05, 0) is 36.9 Å². The molecule has 0 bridgehead atoms. The van der Waals surface area contributed by atoms with Crippen LogP contribution in [-0.2, 0) is 9.59 Å². The molecule has 3 heterocycles. The summed E-state index contributed by atoms with van der Waals surface area (Å²) in [5.41, 5.74) is 2.07. The van der Waals surface area contributed by atoms with Gasteiger partial charge in [-0.15, -0.1) is 10.2 Å². The molecule has 0 aliphatic carbocycles. The van der Waals surface area contributed by atoms with Crippen molar-refractivity contribution in [1.29, 1.82) is 0 Å². The Bertz CT molecular complexity index is 1170. The van der Waals surface area contributed by atoms with E-state index in [-0.39, 0.29) is 12.0 Å². The number of rotatable bonds is 8. The first kappa shape index (κ1) is 24.2. The van der Waals surface area contributed by atoms with Crippen molar-refractivity contribution in [1.82, 2.24) is 25.3 Å². The Labute approximate surface area is 211 Å². The lowest BCUT2D eigenvalue weighted by Crippen LogP contribution is -2.55. The highest BCUT2D eigenvalue weighted by Crippen LogP contribution is 2.38. The molecule has 2 aromatic carbocycles. The van der Waals surface area contributed by atoms with E-state index in [0.29, 0.717) is 31.4 Å². The molecule has 2 aliphatic rings. The molecule has 5 rings (SSSR count). The number of unbranched alkanes of at least 4 members (excludes halogenated alkanes) is 1. The summed E-state index contributed by atoms with van der Waals surface area (Å²) in [6.07, 6.45) is 3.94. The molecule has 2 fully saturated rings. The number of amides is 2. The fourth-order valence-corrected chi connectivity index (χ4v) is 5.28. The Balaban J connectivity index is 1.45. The van der Waals surface area contributed by atoms with E-state index in [2.05, 4.69) is 46.7 Å². The SMILES string of the molecule is CCCCN1CCN(C(c2ccccc2)c2nnc([C@@H]3NCCC[C@H]3c3ccccc3)o2)C(=O)C1=O. The Morgan fingerprint density at radius 3 is 2.50 bits per heavy atom. The molecule has 8 nitrogen and oxygen atoms in total. The van der Waals surface area contributed by atoms with Crippen LogP contribution in [0.4, 0.5) is 0 Å². The maximum absolute atomic E-state index is 13.3. The lowest BCUT2D eigenvalue weighted by atomic mass is 9.85. The number of piperidine rings is 1. The molecule has 2 amide bonds. The average Bonchev–Trinajstić information content (AvgIpc) is 3.41. The van der Waals surface area contributed by atoms with Crippen molar-refractivity contribution in [2.45, 2.75) is 50.6 Å². The summed E-state index contributed by atoms with van der Waals surface area (Å²) < 4.78 is 6.32. The molecular formula is C28H33N5O3. The molecule has 1 aromatic heterocycles. The molecule has 3 aromatic rings. The van der Waals surface area contributed by atoms with E-state index < -0.39 is 17.9 Å². The maximum Gasteiger partial charge on any atom is 0.313 e. The van der Waals surface area contributed by atoms with Crippen molar-refractivity contribution in [3.05, 3.63) is 83.6 Å². The van der Waals surface area contributed by atoms with Crippen LogP contribution >= 0.6 is 0 Å². The summed E-state index contributed by atoms with van der Waals surface area (Å²) in [7, 11) is 0. The molecule has 0 spiro atoms. The standard InChI is InChI=1S/C28H33N5O3/c1-2-3-17-32-18-19-33(28(35)27(32)34)24(21-13-8-5-9-14-21)26-31-30-25(36-26)23-22(15-10-16-29-23)20-11-6-4-7-12-20/h4-9,11-14,22-24,29H,2-3,10,15-19H2,1H3/t22-,23+,24?/m0/s1. The fraction of sp³-hybridized carbons (Fsp3) is 0.429. The lowest BCUT2D eigenvalue weighted by molar-refractivity contribution is -0.157. The Morgan fingerprint density at radius 1 is 1.00 bits per heavy atom. The first-order chi connectivity index (χ1) is 17.7. The average molecular weight is 488 g/mol. The quantitative estimate of drug-likeness (QED) is 0.486. The van der Waals surface area contributed by atoms with Crippen molar-refractivity contribution < 1.29 is 14.0 Å².